The van der Waals surface area contributed by atoms with Crippen molar-refractivity contribution < 1.29 is 0 Å². The van der Waals surface area contributed by atoms with Crippen molar-refractivity contribution >= 4 is 0 Å². The molecule has 3 heteroatoms. The molecule has 0 fully saturated rings. The van der Waals surface area contributed by atoms with Gasteiger partial charge in [-0.1, -0.05) is 18.2 Å². The van der Waals surface area contributed by atoms with Gasteiger partial charge in [-0.25, -0.2) is 5.43 Å². The van der Waals surface area contributed by atoms with E-state index < -0.39 is 0 Å². The third kappa shape index (κ3) is 2.67. The Kier molecular flexibility index (Phi) is 3.98. The standard InChI is InChI=1S/C16H21N3/c1-10-8-12(3)15(9-11(10)2)16(19-17)14-6-5-7-18-13(14)4/h5-9,16,19H,17H2,1-4H3. The zero-order valence-electron chi connectivity index (χ0n) is 12.0. The second kappa shape index (κ2) is 5.51. The topological polar surface area (TPSA) is 50.9 Å². The van der Waals surface area contributed by atoms with Crippen molar-refractivity contribution in [1.29, 1.82) is 0 Å². The molecule has 0 saturated carbocycles. The number of aryl methyl sites for hydroxylation is 4. The van der Waals surface area contributed by atoms with Gasteiger partial charge in [-0.05, 0) is 61.6 Å². The summed E-state index contributed by atoms with van der Waals surface area (Å²) in [6, 6.07) is 8.42. The summed E-state index contributed by atoms with van der Waals surface area (Å²) in [5, 5.41) is 0. The van der Waals surface area contributed by atoms with E-state index in [0.29, 0.717) is 0 Å². The molecule has 3 N–H and O–H groups in total. The van der Waals surface area contributed by atoms with Crippen LogP contribution in [-0.2, 0) is 0 Å². The lowest BCUT2D eigenvalue weighted by molar-refractivity contribution is 0.627. The highest BCUT2D eigenvalue weighted by molar-refractivity contribution is 5.43. The van der Waals surface area contributed by atoms with Gasteiger partial charge in [0.05, 0.1) is 6.04 Å². The summed E-state index contributed by atoms with van der Waals surface area (Å²) >= 11 is 0. The summed E-state index contributed by atoms with van der Waals surface area (Å²) in [5.74, 6) is 5.78. The van der Waals surface area contributed by atoms with Gasteiger partial charge >= 0.3 is 0 Å². The quantitative estimate of drug-likeness (QED) is 0.655. The van der Waals surface area contributed by atoms with Crippen LogP contribution >= 0.6 is 0 Å². The van der Waals surface area contributed by atoms with E-state index in [4.69, 9.17) is 5.84 Å². The van der Waals surface area contributed by atoms with Gasteiger partial charge in [0.25, 0.3) is 0 Å². The summed E-state index contributed by atoms with van der Waals surface area (Å²) < 4.78 is 0. The molecule has 0 spiro atoms. The van der Waals surface area contributed by atoms with E-state index in [1.54, 1.807) is 6.20 Å². The van der Waals surface area contributed by atoms with E-state index in [2.05, 4.69) is 49.4 Å². The molecule has 0 aliphatic carbocycles. The van der Waals surface area contributed by atoms with Crippen molar-refractivity contribution in [3.8, 4) is 0 Å². The van der Waals surface area contributed by atoms with Crippen LogP contribution in [0.15, 0.2) is 30.5 Å². The van der Waals surface area contributed by atoms with Gasteiger partial charge in [0.2, 0.25) is 0 Å². The zero-order chi connectivity index (χ0) is 14.0. The molecule has 19 heavy (non-hydrogen) atoms. The van der Waals surface area contributed by atoms with E-state index in [0.717, 1.165) is 11.3 Å². The number of nitrogens with two attached hydrogens (primary N) is 1. The van der Waals surface area contributed by atoms with Crippen LogP contribution in [0.2, 0.25) is 0 Å². The summed E-state index contributed by atoms with van der Waals surface area (Å²) in [5.41, 5.74) is 10.1. The second-order valence-corrected chi connectivity index (χ2v) is 5.07. The van der Waals surface area contributed by atoms with Crippen LogP contribution in [0.1, 0.15) is 39.6 Å². The predicted octanol–water partition coefficient (Wildman–Crippen LogP) is 2.87. The monoisotopic (exact) mass is 255 g/mol. The first-order valence-corrected chi connectivity index (χ1v) is 6.50. The molecule has 0 radical (unpaired) electrons. The van der Waals surface area contributed by atoms with E-state index in [1.165, 1.54) is 22.3 Å². The first-order chi connectivity index (χ1) is 9.04. The Hall–Kier alpha value is -1.71. The maximum Gasteiger partial charge on any atom is 0.0730 e. The molecule has 1 aromatic carbocycles. The lowest BCUT2D eigenvalue weighted by Crippen LogP contribution is -2.30. The fourth-order valence-corrected chi connectivity index (χ4v) is 2.44. The number of hydrazine groups is 1. The number of hydrogen-bond donors (Lipinski definition) is 2. The van der Waals surface area contributed by atoms with Crippen LogP contribution in [0.3, 0.4) is 0 Å². The van der Waals surface area contributed by atoms with Crippen molar-refractivity contribution in [1.82, 2.24) is 10.4 Å². The molecule has 0 saturated heterocycles. The van der Waals surface area contributed by atoms with Crippen molar-refractivity contribution in [2.24, 2.45) is 5.84 Å². The second-order valence-electron chi connectivity index (χ2n) is 5.07. The number of rotatable bonds is 3. The number of benzene rings is 1. The molecule has 1 heterocycles. The largest absolute Gasteiger partial charge is 0.271 e. The Morgan fingerprint density at radius 2 is 1.68 bits per heavy atom. The molecule has 0 amide bonds. The molecule has 100 valence electrons. The van der Waals surface area contributed by atoms with Crippen LogP contribution in [-0.4, -0.2) is 4.98 Å². The molecule has 3 nitrogen and oxygen atoms in total. The highest BCUT2D eigenvalue weighted by atomic mass is 15.2. The molecule has 1 unspecified atom stereocenters. The first-order valence-electron chi connectivity index (χ1n) is 6.50. The van der Waals surface area contributed by atoms with Crippen LogP contribution < -0.4 is 11.3 Å². The molecule has 1 atom stereocenters. The summed E-state index contributed by atoms with van der Waals surface area (Å²) in [6.45, 7) is 8.39. The number of aromatic nitrogens is 1. The highest BCUT2D eigenvalue weighted by Gasteiger charge is 2.17. The molecule has 0 aliphatic rings. The van der Waals surface area contributed by atoms with Crippen LogP contribution in [0.25, 0.3) is 0 Å². The Morgan fingerprint density at radius 3 is 2.32 bits per heavy atom. The Bertz CT molecular complexity index is 591. The van der Waals surface area contributed by atoms with E-state index in [1.807, 2.05) is 13.0 Å². The molecular weight excluding hydrogens is 234 g/mol. The minimum Gasteiger partial charge on any atom is -0.271 e. The zero-order valence-corrected chi connectivity index (χ0v) is 12.0. The fraction of sp³-hybridized carbons (Fsp3) is 0.312. The van der Waals surface area contributed by atoms with Crippen molar-refractivity contribution in [3.05, 3.63) is 64.0 Å². The Morgan fingerprint density at radius 1 is 1.00 bits per heavy atom. The molecule has 1 aromatic heterocycles. The molecule has 2 aromatic rings. The SMILES string of the molecule is Cc1cc(C)c(C(NN)c2cccnc2C)cc1C. The van der Waals surface area contributed by atoms with Gasteiger partial charge < -0.3 is 0 Å². The van der Waals surface area contributed by atoms with Gasteiger partial charge in [0.1, 0.15) is 0 Å². The third-order valence-electron chi connectivity index (χ3n) is 3.72. The minimum absolute atomic E-state index is 0.0204. The predicted molar refractivity (Wildman–Crippen MR) is 78.8 cm³/mol. The average Bonchev–Trinajstić information content (AvgIpc) is 2.38. The maximum atomic E-state index is 5.78. The highest BCUT2D eigenvalue weighted by Crippen LogP contribution is 2.27. The maximum absolute atomic E-state index is 5.78. The number of hydrogen-bond acceptors (Lipinski definition) is 3. The van der Waals surface area contributed by atoms with Crippen LogP contribution in [0, 0.1) is 27.7 Å². The smallest absolute Gasteiger partial charge is 0.0730 e. The van der Waals surface area contributed by atoms with Gasteiger partial charge in [-0.15, -0.1) is 0 Å². The van der Waals surface area contributed by atoms with Crippen LogP contribution in [0.5, 0.6) is 0 Å². The fourth-order valence-electron chi connectivity index (χ4n) is 2.44. The van der Waals surface area contributed by atoms with Gasteiger partial charge in [-0.2, -0.15) is 0 Å². The molecule has 0 bridgehead atoms. The van der Waals surface area contributed by atoms with E-state index in [9.17, 15) is 0 Å². The summed E-state index contributed by atoms with van der Waals surface area (Å²) in [7, 11) is 0. The minimum atomic E-state index is -0.0204. The molecule has 0 aliphatic heterocycles. The number of nitrogens with one attached hydrogen (secondary N) is 1. The lowest BCUT2D eigenvalue weighted by Gasteiger charge is -2.21. The van der Waals surface area contributed by atoms with Crippen molar-refractivity contribution in [2.45, 2.75) is 33.7 Å². The van der Waals surface area contributed by atoms with E-state index >= 15 is 0 Å². The van der Waals surface area contributed by atoms with Crippen molar-refractivity contribution in [3.63, 3.8) is 0 Å². The average molecular weight is 255 g/mol. The van der Waals surface area contributed by atoms with Gasteiger partial charge in [-0.3, -0.25) is 10.8 Å². The molecule has 2 rings (SSSR count). The van der Waals surface area contributed by atoms with E-state index in [-0.39, 0.29) is 6.04 Å². The number of nitrogens with zero attached hydrogens (tertiary/aromatic N) is 1. The van der Waals surface area contributed by atoms with Gasteiger partial charge in [0, 0.05) is 11.9 Å². The molecular formula is C16H21N3. The first kappa shape index (κ1) is 13.7. The summed E-state index contributed by atoms with van der Waals surface area (Å²) in [4.78, 5) is 4.35. The van der Waals surface area contributed by atoms with Crippen molar-refractivity contribution in [2.75, 3.05) is 0 Å². The van der Waals surface area contributed by atoms with Crippen LogP contribution in [0.4, 0.5) is 0 Å². The Balaban J connectivity index is 2.55. The summed E-state index contributed by atoms with van der Waals surface area (Å²) in [6.07, 6.45) is 1.81. The third-order valence-corrected chi connectivity index (χ3v) is 3.72. The Labute approximate surface area is 114 Å². The van der Waals surface area contributed by atoms with Gasteiger partial charge in [0.15, 0.2) is 0 Å². The lowest BCUT2D eigenvalue weighted by atomic mass is 9.91. The number of pyridine rings is 1. The normalized spacial score (nSPS) is 12.5.